The lowest BCUT2D eigenvalue weighted by atomic mass is 9.93. The highest BCUT2D eigenvalue weighted by Gasteiger charge is 2.34. The molecule has 0 radical (unpaired) electrons. The molecule has 16 heavy (non-hydrogen) atoms. The van der Waals surface area contributed by atoms with Crippen molar-refractivity contribution in [1.29, 1.82) is 0 Å². The summed E-state index contributed by atoms with van der Waals surface area (Å²) < 4.78 is 0. The molecule has 1 N–H and O–H groups in total. The number of anilines is 1. The van der Waals surface area contributed by atoms with Crippen LogP contribution in [0.5, 0.6) is 0 Å². The van der Waals surface area contributed by atoms with Gasteiger partial charge in [0, 0.05) is 18.3 Å². The van der Waals surface area contributed by atoms with Gasteiger partial charge in [0.2, 0.25) is 0 Å². The van der Waals surface area contributed by atoms with Gasteiger partial charge in [-0.3, -0.25) is 4.98 Å². The van der Waals surface area contributed by atoms with Gasteiger partial charge < -0.3 is 5.32 Å². The van der Waals surface area contributed by atoms with Gasteiger partial charge in [-0.05, 0) is 30.7 Å². The molecule has 0 saturated carbocycles. The van der Waals surface area contributed by atoms with Gasteiger partial charge in [0.15, 0.2) is 0 Å². The van der Waals surface area contributed by atoms with Crippen LogP contribution in [0.1, 0.15) is 18.2 Å². The summed E-state index contributed by atoms with van der Waals surface area (Å²) in [4.78, 5) is 4.45. The normalized spacial score (nSPS) is 22.6. The fraction of sp³-hybridized carbons (Fsp3) is 0.214. The Hall–Kier alpha value is -1.83. The first kappa shape index (κ1) is 9.40. The zero-order valence-corrected chi connectivity index (χ0v) is 9.27. The van der Waals surface area contributed by atoms with E-state index in [-0.39, 0.29) is 5.54 Å². The van der Waals surface area contributed by atoms with E-state index in [9.17, 15) is 0 Å². The van der Waals surface area contributed by atoms with Crippen molar-refractivity contribution in [1.82, 2.24) is 4.98 Å². The number of nitrogens with zero attached hydrogens (tertiary/aromatic N) is 1. The Balaban J connectivity index is 2.01. The van der Waals surface area contributed by atoms with Crippen LogP contribution in [-0.2, 0) is 12.0 Å². The summed E-state index contributed by atoms with van der Waals surface area (Å²) in [6, 6.07) is 14.5. The van der Waals surface area contributed by atoms with E-state index in [0.29, 0.717) is 0 Å². The summed E-state index contributed by atoms with van der Waals surface area (Å²) in [5.41, 5.74) is 3.64. The Morgan fingerprint density at radius 2 is 1.94 bits per heavy atom. The molecule has 0 aliphatic carbocycles. The number of aromatic nitrogens is 1. The summed E-state index contributed by atoms with van der Waals surface area (Å²) in [5.74, 6) is 0. The van der Waals surface area contributed by atoms with E-state index in [4.69, 9.17) is 0 Å². The van der Waals surface area contributed by atoms with Gasteiger partial charge in [-0.25, -0.2) is 0 Å². The second kappa shape index (κ2) is 3.34. The molecular formula is C14H14N2. The number of benzene rings is 1. The monoisotopic (exact) mass is 210 g/mol. The molecule has 1 atom stereocenters. The van der Waals surface area contributed by atoms with Crippen molar-refractivity contribution in [3.05, 3.63) is 59.9 Å². The van der Waals surface area contributed by atoms with Crippen molar-refractivity contribution in [2.45, 2.75) is 18.9 Å². The molecule has 1 aliphatic rings. The number of nitrogens with one attached hydrogen (secondary N) is 1. The molecule has 0 amide bonds. The molecule has 0 fully saturated rings. The van der Waals surface area contributed by atoms with Crippen LogP contribution in [0.3, 0.4) is 0 Å². The predicted molar refractivity (Wildman–Crippen MR) is 65.4 cm³/mol. The molecule has 2 heteroatoms. The van der Waals surface area contributed by atoms with Crippen molar-refractivity contribution < 1.29 is 0 Å². The molecule has 2 nitrogen and oxygen atoms in total. The maximum atomic E-state index is 4.45. The molecule has 0 bridgehead atoms. The van der Waals surface area contributed by atoms with E-state index >= 15 is 0 Å². The highest BCUT2D eigenvalue weighted by molar-refractivity contribution is 5.59. The summed E-state index contributed by atoms with van der Waals surface area (Å²) in [6.45, 7) is 2.20. The number of rotatable bonds is 1. The molecular weight excluding hydrogens is 196 g/mol. The first-order valence-electron chi connectivity index (χ1n) is 5.55. The first-order chi connectivity index (χ1) is 7.78. The lowest BCUT2D eigenvalue weighted by molar-refractivity contribution is 0.550. The Bertz CT molecular complexity index is 480. The van der Waals surface area contributed by atoms with E-state index < -0.39 is 0 Å². The van der Waals surface area contributed by atoms with Crippen molar-refractivity contribution in [3.63, 3.8) is 0 Å². The molecule has 0 saturated heterocycles. The van der Waals surface area contributed by atoms with Gasteiger partial charge in [0.1, 0.15) is 0 Å². The topological polar surface area (TPSA) is 24.9 Å². The van der Waals surface area contributed by atoms with Crippen LogP contribution in [0.4, 0.5) is 5.69 Å². The predicted octanol–water partition coefficient (Wildman–Crippen LogP) is 2.97. The zero-order valence-electron chi connectivity index (χ0n) is 9.27. The zero-order chi connectivity index (χ0) is 11.0. The van der Waals surface area contributed by atoms with Gasteiger partial charge in [-0.1, -0.05) is 24.3 Å². The molecule has 2 heterocycles. The quantitative estimate of drug-likeness (QED) is 0.782. The summed E-state index contributed by atoms with van der Waals surface area (Å²) in [7, 11) is 0. The largest absolute Gasteiger partial charge is 0.374 e. The number of hydrogen-bond acceptors (Lipinski definition) is 2. The summed E-state index contributed by atoms with van der Waals surface area (Å²) in [6.07, 6.45) is 2.85. The first-order valence-corrected chi connectivity index (χ1v) is 5.55. The van der Waals surface area contributed by atoms with Gasteiger partial charge in [-0.2, -0.15) is 0 Å². The molecule has 80 valence electrons. The third-order valence-corrected chi connectivity index (χ3v) is 3.20. The second-order valence-corrected chi connectivity index (χ2v) is 4.51. The third-order valence-electron chi connectivity index (χ3n) is 3.20. The molecule has 0 spiro atoms. The fourth-order valence-electron chi connectivity index (χ4n) is 2.36. The van der Waals surface area contributed by atoms with Crippen LogP contribution in [0.25, 0.3) is 0 Å². The van der Waals surface area contributed by atoms with E-state index in [1.54, 1.807) is 0 Å². The Kier molecular flexibility index (Phi) is 1.96. The minimum absolute atomic E-state index is 0.0645. The highest BCUT2D eigenvalue weighted by atomic mass is 15.0. The number of para-hydroxylation sites is 1. The van der Waals surface area contributed by atoms with Crippen LogP contribution < -0.4 is 5.32 Å². The lowest BCUT2D eigenvalue weighted by Gasteiger charge is -2.24. The summed E-state index contributed by atoms with van der Waals surface area (Å²) >= 11 is 0. The average Bonchev–Trinajstić information content (AvgIpc) is 2.68. The average molecular weight is 210 g/mol. The molecule has 3 rings (SSSR count). The lowest BCUT2D eigenvalue weighted by Crippen LogP contribution is -2.30. The smallest absolute Gasteiger partial charge is 0.0808 e. The van der Waals surface area contributed by atoms with E-state index in [1.165, 1.54) is 11.3 Å². The maximum absolute atomic E-state index is 4.45. The highest BCUT2D eigenvalue weighted by Crippen LogP contribution is 2.37. The minimum Gasteiger partial charge on any atom is -0.374 e. The Labute approximate surface area is 95.3 Å². The van der Waals surface area contributed by atoms with Crippen LogP contribution in [0.2, 0.25) is 0 Å². The van der Waals surface area contributed by atoms with Crippen LogP contribution in [-0.4, -0.2) is 4.98 Å². The molecule has 0 unspecified atom stereocenters. The standard InChI is InChI=1S/C14H14N2/c1-14(13-8-4-5-9-15-13)10-11-6-2-3-7-12(11)16-14/h2-9,16H,10H2,1H3/t14-/m0/s1. The van der Waals surface area contributed by atoms with Crippen molar-refractivity contribution >= 4 is 5.69 Å². The van der Waals surface area contributed by atoms with Gasteiger partial charge >= 0.3 is 0 Å². The minimum atomic E-state index is -0.0645. The third kappa shape index (κ3) is 1.38. The fourth-order valence-corrected chi connectivity index (χ4v) is 2.36. The van der Waals surface area contributed by atoms with E-state index in [1.807, 2.05) is 18.3 Å². The molecule has 2 aromatic rings. The van der Waals surface area contributed by atoms with Crippen LogP contribution in [0, 0.1) is 0 Å². The number of hydrogen-bond donors (Lipinski definition) is 1. The summed E-state index contributed by atoms with van der Waals surface area (Å²) in [5, 5.41) is 3.56. The SMILES string of the molecule is C[C@@]1(c2ccccn2)Cc2ccccc2N1. The van der Waals surface area contributed by atoms with Crippen molar-refractivity contribution in [2.75, 3.05) is 5.32 Å². The van der Waals surface area contributed by atoms with Gasteiger partial charge in [-0.15, -0.1) is 0 Å². The Morgan fingerprint density at radius 1 is 1.12 bits per heavy atom. The van der Waals surface area contributed by atoms with Crippen molar-refractivity contribution in [2.24, 2.45) is 0 Å². The van der Waals surface area contributed by atoms with Gasteiger partial charge in [0.05, 0.1) is 11.2 Å². The molecule has 1 aromatic heterocycles. The maximum Gasteiger partial charge on any atom is 0.0808 e. The second-order valence-electron chi connectivity index (χ2n) is 4.51. The number of fused-ring (bicyclic) bond motifs is 1. The van der Waals surface area contributed by atoms with Crippen LogP contribution in [0.15, 0.2) is 48.7 Å². The number of pyridine rings is 1. The van der Waals surface area contributed by atoms with E-state index in [0.717, 1.165) is 12.1 Å². The van der Waals surface area contributed by atoms with Crippen LogP contribution >= 0.6 is 0 Å². The molecule has 1 aliphatic heterocycles. The Morgan fingerprint density at radius 3 is 2.69 bits per heavy atom. The van der Waals surface area contributed by atoms with Crippen molar-refractivity contribution in [3.8, 4) is 0 Å². The molecule has 1 aromatic carbocycles. The van der Waals surface area contributed by atoms with E-state index in [2.05, 4.69) is 47.6 Å². The van der Waals surface area contributed by atoms with Gasteiger partial charge in [0.25, 0.3) is 0 Å².